The number of benzene rings is 1. The van der Waals surface area contributed by atoms with Gasteiger partial charge in [0.15, 0.2) is 0 Å². The number of hydrogen-bond donors (Lipinski definition) is 2. The second-order valence-corrected chi connectivity index (χ2v) is 8.50. The van der Waals surface area contributed by atoms with E-state index in [4.69, 9.17) is 4.74 Å². The van der Waals surface area contributed by atoms with E-state index in [0.717, 1.165) is 37.0 Å². The monoisotopic (exact) mass is 413 g/mol. The molecule has 1 heterocycles. The molecule has 2 saturated carbocycles. The highest BCUT2D eigenvalue weighted by molar-refractivity contribution is 6.09. The number of carbonyl (C=O) groups excluding carboxylic acids is 4. The zero-order valence-corrected chi connectivity index (χ0v) is 17.1. The van der Waals surface area contributed by atoms with E-state index in [9.17, 15) is 19.2 Å². The Labute approximate surface area is 175 Å². The third-order valence-electron chi connectivity index (χ3n) is 6.30. The second-order valence-electron chi connectivity index (χ2n) is 8.50. The van der Waals surface area contributed by atoms with Crippen molar-refractivity contribution < 1.29 is 23.9 Å². The number of nitrogens with one attached hydrogen (secondary N) is 2. The second kappa shape index (κ2) is 8.08. The first-order valence-electron chi connectivity index (χ1n) is 10.6. The van der Waals surface area contributed by atoms with E-state index in [0.29, 0.717) is 12.0 Å². The van der Waals surface area contributed by atoms with Crippen LogP contribution in [-0.4, -0.2) is 46.8 Å². The summed E-state index contributed by atoms with van der Waals surface area (Å²) in [6.45, 7) is 1.44. The third kappa shape index (κ3) is 3.91. The molecule has 3 aliphatic rings. The van der Waals surface area contributed by atoms with Crippen molar-refractivity contribution in [1.29, 1.82) is 0 Å². The molecule has 1 aliphatic heterocycles. The van der Waals surface area contributed by atoms with Crippen LogP contribution in [0.2, 0.25) is 0 Å². The Kier molecular flexibility index (Phi) is 5.49. The van der Waals surface area contributed by atoms with Crippen molar-refractivity contribution in [3.63, 3.8) is 0 Å². The summed E-state index contributed by atoms with van der Waals surface area (Å²) in [6, 6.07) is 8.26. The van der Waals surface area contributed by atoms with Gasteiger partial charge in [-0.15, -0.1) is 0 Å². The predicted octanol–water partition coefficient (Wildman–Crippen LogP) is 2.05. The molecule has 2 aliphatic carbocycles. The smallest absolute Gasteiger partial charge is 0.327 e. The molecule has 8 nitrogen and oxygen atoms in total. The zero-order valence-electron chi connectivity index (χ0n) is 17.1. The topological polar surface area (TPSA) is 105 Å². The fraction of sp³-hybridized carbons (Fsp3) is 0.545. The molecule has 30 heavy (non-hydrogen) atoms. The maximum Gasteiger partial charge on any atom is 0.327 e. The van der Waals surface area contributed by atoms with Gasteiger partial charge in [0.2, 0.25) is 6.10 Å². The van der Waals surface area contributed by atoms with Crippen molar-refractivity contribution in [3.05, 3.63) is 35.9 Å². The molecule has 4 rings (SSSR count). The Bertz CT molecular complexity index is 854. The van der Waals surface area contributed by atoms with Crippen LogP contribution < -0.4 is 10.6 Å². The normalized spacial score (nSPS) is 27.0. The van der Waals surface area contributed by atoms with Crippen LogP contribution in [0.5, 0.6) is 0 Å². The molecule has 1 spiro atoms. The first-order valence-corrected chi connectivity index (χ1v) is 10.6. The van der Waals surface area contributed by atoms with Gasteiger partial charge in [0.05, 0.1) is 0 Å². The molecule has 0 radical (unpaired) electrons. The van der Waals surface area contributed by atoms with Gasteiger partial charge >= 0.3 is 12.0 Å². The Morgan fingerprint density at radius 2 is 1.93 bits per heavy atom. The van der Waals surface area contributed by atoms with Gasteiger partial charge in [-0.1, -0.05) is 50.1 Å². The summed E-state index contributed by atoms with van der Waals surface area (Å²) in [5.41, 5.74) is -0.392. The summed E-state index contributed by atoms with van der Waals surface area (Å²) in [5, 5.41) is 5.66. The van der Waals surface area contributed by atoms with Gasteiger partial charge < -0.3 is 15.4 Å². The van der Waals surface area contributed by atoms with Gasteiger partial charge in [0.1, 0.15) is 12.1 Å². The lowest BCUT2D eigenvalue weighted by molar-refractivity contribution is -0.158. The molecule has 1 aromatic carbocycles. The van der Waals surface area contributed by atoms with Crippen LogP contribution >= 0.6 is 0 Å². The highest BCUT2D eigenvalue weighted by Crippen LogP contribution is 2.38. The first-order chi connectivity index (χ1) is 14.4. The number of hydrogen-bond acceptors (Lipinski definition) is 5. The third-order valence-corrected chi connectivity index (χ3v) is 6.30. The van der Waals surface area contributed by atoms with Gasteiger partial charge in [-0.3, -0.25) is 19.3 Å². The summed E-state index contributed by atoms with van der Waals surface area (Å²) >= 11 is 0. The number of nitrogens with zero attached hydrogens (tertiary/aromatic N) is 1. The van der Waals surface area contributed by atoms with Crippen molar-refractivity contribution in [1.82, 2.24) is 15.5 Å². The average Bonchev–Trinajstić information content (AvgIpc) is 3.52. The van der Waals surface area contributed by atoms with Gasteiger partial charge in [0, 0.05) is 11.6 Å². The van der Waals surface area contributed by atoms with Gasteiger partial charge in [0.25, 0.3) is 11.8 Å². The van der Waals surface area contributed by atoms with Crippen LogP contribution in [-0.2, 0) is 19.1 Å². The number of ether oxygens (including phenoxy) is 1. The molecule has 2 N–H and O–H groups in total. The summed E-state index contributed by atoms with van der Waals surface area (Å²) in [4.78, 5) is 51.7. The summed E-state index contributed by atoms with van der Waals surface area (Å²) in [6.07, 6.45) is 3.98. The minimum absolute atomic E-state index is 0.00473. The lowest BCUT2D eigenvalue weighted by atomic mass is 9.73. The van der Waals surface area contributed by atoms with E-state index in [1.807, 2.05) is 6.92 Å². The van der Waals surface area contributed by atoms with E-state index in [-0.39, 0.29) is 17.9 Å². The fourth-order valence-electron chi connectivity index (χ4n) is 4.34. The quantitative estimate of drug-likeness (QED) is 0.549. The average molecular weight is 413 g/mol. The number of urea groups is 1. The van der Waals surface area contributed by atoms with Gasteiger partial charge in [-0.05, 0) is 31.6 Å². The van der Waals surface area contributed by atoms with Crippen LogP contribution in [0.3, 0.4) is 0 Å². The Morgan fingerprint density at radius 1 is 1.20 bits per heavy atom. The van der Waals surface area contributed by atoms with E-state index < -0.39 is 36.1 Å². The lowest BCUT2D eigenvalue weighted by Crippen LogP contribution is -2.54. The largest absolute Gasteiger partial charge is 0.446 e. The van der Waals surface area contributed by atoms with Crippen LogP contribution in [0.15, 0.2) is 30.3 Å². The Morgan fingerprint density at radius 3 is 2.60 bits per heavy atom. The maximum atomic E-state index is 13.0. The van der Waals surface area contributed by atoms with Gasteiger partial charge in [-0.25, -0.2) is 4.79 Å². The highest BCUT2D eigenvalue weighted by atomic mass is 16.5. The summed E-state index contributed by atoms with van der Waals surface area (Å²) in [5.74, 6) is -1.56. The molecule has 0 unspecified atom stereocenters. The molecule has 0 bridgehead atoms. The molecule has 1 saturated heterocycles. The number of esters is 1. The SMILES string of the molecule is C[C@H]1CCCC[C@]12NC(=O)N(CC(=O)O[C@H](C(=O)NC1CC1)c1ccccc1)C2=O. The first kappa shape index (κ1) is 20.4. The molecule has 3 atom stereocenters. The van der Waals surface area contributed by atoms with Gasteiger partial charge in [-0.2, -0.15) is 0 Å². The molecular weight excluding hydrogens is 386 g/mol. The van der Waals surface area contributed by atoms with E-state index in [1.54, 1.807) is 30.3 Å². The van der Waals surface area contributed by atoms with Crippen LogP contribution in [0.25, 0.3) is 0 Å². The summed E-state index contributed by atoms with van der Waals surface area (Å²) in [7, 11) is 0. The van der Waals surface area contributed by atoms with E-state index >= 15 is 0 Å². The van der Waals surface area contributed by atoms with Crippen molar-refractivity contribution in [2.24, 2.45) is 5.92 Å². The minimum Gasteiger partial charge on any atom is -0.446 e. The number of carbonyl (C=O) groups is 4. The lowest BCUT2D eigenvalue weighted by Gasteiger charge is -2.36. The highest BCUT2D eigenvalue weighted by Gasteiger charge is 2.55. The number of amides is 4. The maximum absolute atomic E-state index is 13.0. The fourth-order valence-corrected chi connectivity index (χ4v) is 4.34. The number of rotatable bonds is 6. The van der Waals surface area contributed by atoms with Crippen LogP contribution in [0, 0.1) is 5.92 Å². The van der Waals surface area contributed by atoms with Crippen molar-refractivity contribution in [3.8, 4) is 0 Å². The van der Waals surface area contributed by atoms with E-state index in [2.05, 4.69) is 10.6 Å². The van der Waals surface area contributed by atoms with Crippen molar-refractivity contribution in [2.75, 3.05) is 6.54 Å². The molecule has 3 fully saturated rings. The number of imide groups is 1. The van der Waals surface area contributed by atoms with Crippen LogP contribution in [0.4, 0.5) is 4.79 Å². The molecule has 160 valence electrons. The van der Waals surface area contributed by atoms with E-state index in [1.165, 1.54) is 0 Å². The Balaban J connectivity index is 1.46. The zero-order chi connectivity index (χ0) is 21.3. The molecule has 4 amide bonds. The Hall–Kier alpha value is -2.90. The standard InChI is InChI=1S/C22H27N3O5/c1-14-7-5-6-12-22(14)20(28)25(21(29)24-22)13-17(26)30-18(15-8-3-2-4-9-15)19(27)23-16-10-11-16/h2-4,8-9,14,16,18H,5-7,10-13H2,1H3,(H,23,27)(H,24,29)/t14-,18-,22-/m0/s1. The minimum atomic E-state index is -1.12. The predicted molar refractivity (Wildman–Crippen MR) is 107 cm³/mol. The molecule has 8 heteroatoms. The molecule has 1 aromatic rings. The molecule has 0 aromatic heterocycles. The van der Waals surface area contributed by atoms with Crippen molar-refractivity contribution >= 4 is 23.8 Å². The van der Waals surface area contributed by atoms with Crippen molar-refractivity contribution in [2.45, 2.75) is 63.1 Å². The summed E-state index contributed by atoms with van der Waals surface area (Å²) < 4.78 is 5.46. The van der Waals surface area contributed by atoms with Crippen LogP contribution in [0.1, 0.15) is 57.1 Å². The molecular formula is C22H27N3O5.